The van der Waals surface area contributed by atoms with Crippen LogP contribution >= 0.6 is 0 Å². The molecule has 3 nitrogen and oxygen atoms in total. The molecule has 3 N–H and O–H groups in total. The fourth-order valence-electron chi connectivity index (χ4n) is 2.78. The van der Waals surface area contributed by atoms with E-state index in [0.717, 1.165) is 31.7 Å². The van der Waals surface area contributed by atoms with Crippen LogP contribution in [0.4, 0.5) is 0 Å². The van der Waals surface area contributed by atoms with E-state index < -0.39 is 5.60 Å². The highest BCUT2D eigenvalue weighted by molar-refractivity contribution is 4.91. The Morgan fingerprint density at radius 2 is 2.31 bits per heavy atom. The van der Waals surface area contributed by atoms with Gasteiger partial charge in [-0.3, -0.25) is 0 Å². The molecule has 2 aliphatic rings. The average molecular weight is 184 g/mol. The lowest BCUT2D eigenvalue weighted by Gasteiger charge is -2.29. The number of nitrogens with two attached hydrogens (primary N) is 1. The molecule has 3 heteroatoms. The first kappa shape index (κ1) is 9.44. The van der Waals surface area contributed by atoms with Gasteiger partial charge in [0.25, 0.3) is 0 Å². The molecule has 2 aliphatic heterocycles. The summed E-state index contributed by atoms with van der Waals surface area (Å²) < 4.78 is 0. The van der Waals surface area contributed by atoms with Gasteiger partial charge in [-0.2, -0.15) is 0 Å². The van der Waals surface area contributed by atoms with Crippen LogP contribution in [0.1, 0.15) is 25.7 Å². The largest absolute Gasteiger partial charge is 0.390 e. The fraction of sp³-hybridized carbons (Fsp3) is 1.00. The Balaban J connectivity index is 1.99. The molecule has 2 bridgehead atoms. The van der Waals surface area contributed by atoms with Gasteiger partial charge >= 0.3 is 0 Å². The van der Waals surface area contributed by atoms with Crippen molar-refractivity contribution < 1.29 is 5.11 Å². The summed E-state index contributed by atoms with van der Waals surface area (Å²) >= 11 is 0. The molecule has 0 saturated carbocycles. The Labute approximate surface area is 79.9 Å². The second-order valence-corrected chi connectivity index (χ2v) is 4.67. The highest BCUT2D eigenvalue weighted by Gasteiger charge is 2.37. The monoisotopic (exact) mass is 184 g/mol. The molecule has 0 amide bonds. The number of fused-ring (bicyclic) bond motifs is 2. The lowest BCUT2D eigenvalue weighted by atomic mass is 9.85. The molecule has 3 unspecified atom stereocenters. The molecule has 0 radical (unpaired) electrons. The molecule has 0 aromatic carbocycles. The van der Waals surface area contributed by atoms with Crippen molar-refractivity contribution in [3.8, 4) is 0 Å². The minimum absolute atomic E-state index is 0.450. The van der Waals surface area contributed by atoms with Crippen LogP contribution in [-0.4, -0.2) is 41.8 Å². The predicted octanol–water partition coefficient (Wildman–Crippen LogP) is 0.182. The number of rotatable bonds is 2. The van der Waals surface area contributed by atoms with E-state index in [-0.39, 0.29) is 0 Å². The van der Waals surface area contributed by atoms with Gasteiger partial charge < -0.3 is 15.7 Å². The van der Waals surface area contributed by atoms with Crippen molar-refractivity contribution in [1.29, 1.82) is 0 Å². The van der Waals surface area contributed by atoms with Gasteiger partial charge in [0, 0.05) is 13.1 Å². The van der Waals surface area contributed by atoms with E-state index in [2.05, 4.69) is 4.90 Å². The van der Waals surface area contributed by atoms with Gasteiger partial charge in [0.05, 0.1) is 5.60 Å². The fourth-order valence-corrected chi connectivity index (χ4v) is 2.78. The first-order valence-corrected chi connectivity index (χ1v) is 5.37. The molecule has 0 aromatic heterocycles. The van der Waals surface area contributed by atoms with Crippen molar-refractivity contribution >= 4 is 0 Å². The zero-order valence-corrected chi connectivity index (χ0v) is 8.21. The second-order valence-electron chi connectivity index (χ2n) is 4.67. The van der Waals surface area contributed by atoms with E-state index in [0.29, 0.717) is 6.54 Å². The zero-order valence-electron chi connectivity index (χ0n) is 8.21. The Morgan fingerprint density at radius 1 is 1.46 bits per heavy atom. The normalized spacial score (nSPS) is 44.8. The van der Waals surface area contributed by atoms with Gasteiger partial charge in [0.15, 0.2) is 0 Å². The third-order valence-corrected chi connectivity index (χ3v) is 3.54. The van der Waals surface area contributed by atoms with Crippen molar-refractivity contribution in [3.05, 3.63) is 0 Å². The number of hydrogen-bond acceptors (Lipinski definition) is 3. The van der Waals surface area contributed by atoms with Gasteiger partial charge in [-0.25, -0.2) is 0 Å². The van der Waals surface area contributed by atoms with Gasteiger partial charge in [-0.15, -0.1) is 0 Å². The molecular weight excluding hydrogens is 164 g/mol. The zero-order chi connectivity index (χ0) is 9.31. The Morgan fingerprint density at radius 3 is 3.08 bits per heavy atom. The third kappa shape index (κ3) is 2.03. The molecule has 2 saturated heterocycles. The van der Waals surface area contributed by atoms with Crippen molar-refractivity contribution in [1.82, 2.24) is 4.90 Å². The van der Waals surface area contributed by atoms with Crippen LogP contribution in [0.5, 0.6) is 0 Å². The molecule has 76 valence electrons. The van der Waals surface area contributed by atoms with Crippen LogP contribution in [0.25, 0.3) is 0 Å². The van der Waals surface area contributed by atoms with E-state index >= 15 is 0 Å². The predicted molar refractivity (Wildman–Crippen MR) is 52.4 cm³/mol. The first-order valence-electron chi connectivity index (χ1n) is 5.37. The Kier molecular flexibility index (Phi) is 2.58. The average Bonchev–Trinajstić information content (AvgIpc) is 2.41. The minimum atomic E-state index is -0.450. The van der Waals surface area contributed by atoms with Crippen LogP contribution in [0.15, 0.2) is 0 Å². The van der Waals surface area contributed by atoms with Crippen LogP contribution in [0, 0.1) is 5.92 Å². The second kappa shape index (κ2) is 3.56. The van der Waals surface area contributed by atoms with Gasteiger partial charge in [0.1, 0.15) is 0 Å². The molecule has 2 heterocycles. The van der Waals surface area contributed by atoms with E-state index in [9.17, 15) is 5.11 Å². The highest BCUT2D eigenvalue weighted by atomic mass is 16.3. The van der Waals surface area contributed by atoms with Crippen molar-refractivity contribution in [2.24, 2.45) is 11.7 Å². The molecule has 3 atom stereocenters. The van der Waals surface area contributed by atoms with Crippen molar-refractivity contribution in [2.45, 2.75) is 31.3 Å². The van der Waals surface area contributed by atoms with Gasteiger partial charge in [0.2, 0.25) is 0 Å². The van der Waals surface area contributed by atoms with E-state index in [1.807, 2.05) is 0 Å². The molecule has 0 aliphatic carbocycles. The Bertz CT molecular complexity index is 186. The lowest BCUT2D eigenvalue weighted by Crippen LogP contribution is -2.35. The first-order chi connectivity index (χ1) is 6.22. The summed E-state index contributed by atoms with van der Waals surface area (Å²) in [5, 5.41) is 10.3. The topological polar surface area (TPSA) is 49.5 Å². The molecule has 0 spiro atoms. The maximum Gasteiger partial charge on any atom is 0.0675 e. The molecular formula is C10H20N2O. The van der Waals surface area contributed by atoms with Crippen LogP contribution in [0.2, 0.25) is 0 Å². The number of aliphatic hydroxyl groups is 1. The van der Waals surface area contributed by atoms with E-state index in [1.54, 1.807) is 0 Å². The maximum absolute atomic E-state index is 10.3. The highest BCUT2D eigenvalue weighted by Crippen LogP contribution is 2.33. The smallest absolute Gasteiger partial charge is 0.0675 e. The van der Waals surface area contributed by atoms with Crippen molar-refractivity contribution in [2.75, 3.05) is 26.2 Å². The standard InChI is InChI=1S/C10H20N2O/c11-4-2-10(13)3-6-12-5-1-9(7-10)8-12/h9,13H,1-8,11H2. The molecule has 2 fully saturated rings. The molecule has 2 rings (SSSR count). The van der Waals surface area contributed by atoms with Crippen LogP contribution in [-0.2, 0) is 0 Å². The third-order valence-electron chi connectivity index (χ3n) is 3.54. The van der Waals surface area contributed by atoms with Gasteiger partial charge in [-0.1, -0.05) is 0 Å². The van der Waals surface area contributed by atoms with Gasteiger partial charge in [-0.05, 0) is 44.7 Å². The Hall–Kier alpha value is -0.120. The lowest BCUT2D eigenvalue weighted by molar-refractivity contribution is 0.00584. The van der Waals surface area contributed by atoms with Crippen molar-refractivity contribution in [3.63, 3.8) is 0 Å². The minimum Gasteiger partial charge on any atom is -0.390 e. The SMILES string of the molecule is NCCC1(O)CCN2CCC(C2)C1. The summed E-state index contributed by atoms with van der Waals surface area (Å²) in [6.07, 6.45) is 3.94. The number of hydrogen-bond donors (Lipinski definition) is 2. The summed E-state index contributed by atoms with van der Waals surface area (Å²) in [5.41, 5.74) is 5.07. The summed E-state index contributed by atoms with van der Waals surface area (Å²) in [5.74, 6) is 0.721. The summed E-state index contributed by atoms with van der Waals surface area (Å²) in [6.45, 7) is 4.12. The summed E-state index contributed by atoms with van der Waals surface area (Å²) in [7, 11) is 0. The maximum atomic E-state index is 10.3. The summed E-state index contributed by atoms with van der Waals surface area (Å²) in [4.78, 5) is 2.47. The van der Waals surface area contributed by atoms with E-state index in [4.69, 9.17) is 5.73 Å². The molecule has 13 heavy (non-hydrogen) atoms. The number of nitrogens with zero attached hydrogens (tertiary/aromatic N) is 1. The van der Waals surface area contributed by atoms with Crippen LogP contribution < -0.4 is 5.73 Å². The van der Waals surface area contributed by atoms with E-state index in [1.165, 1.54) is 19.5 Å². The summed E-state index contributed by atoms with van der Waals surface area (Å²) in [6, 6.07) is 0. The van der Waals surface area contributed by atoms with Crippen LogP contribution in [0.3, 0.4) is 0 Å². The quantitative estimate of drug-likeness (QED) is 0.644. The molecule has 0 aromatic rings.